The fraction of sp³-hybridized carbons (Fsp3) is 0.440. The van der Waals surface area contributed by atoms with Crippen LogP contribution in [0.5, 0.6) is 5.75 Å². The normalized spacial score (nSPS) is 25.5. The summed E-state index contributed by atoms with van der Waals surface area (Å²) in [7, 11) is 1.66. The Kier molecular flexibility index (Phi) is 4.52. The number of amides is 1. The Morgan fingerprint density at radius 2 is 1.75 bits per heavy atom. The first kappa shape index (κ1) is 19.5. The first-order chi connectivity index (χ1) is 15.7. The van der Waals surface area contributed by atoms with Crippen molar-refractivity contribution in [1.29, 1.82) is 0 Å². The fourth-order valence-electron chi connectivity index (χ4n) is 5.64. The Morgan fingerprint density at radius 1 is 1.06 bits per heavy atom. The number of nitrogens with zero attached hydrogens (tertiary/aromatic N) is 4. The Morgan fingerprint density at radius 3 is 2.38 bits per heavy atom. The van der Waals surface area contributed by atoms with E-state index in [1.54, 1.807) is 19.5 Å². The van der Waals surface area contributed by atoms with Crippen molar-refractivity contribution in [1.82, 2.24) is 20.0 Å². The molecule has 1 amide bonds. The number of aromatic nitrogens is 3. The van der Waals surface area contributed by atoms with Gasteiger partial charge in [0.2, 0.25) is 17.6 Å². The van der Waals surface area contributed by atoms with Crippen molar-refractivity contribution in [3.63, 3.8) is 0 Å². The minimum Gasteiger partial charge on any atom is -0.497 e. The van der Waals surface area contributed by atoms with Crippen LogP contribution in [0.25, 0.3) is 11.4 Å². The predicted octanol–water partition coefficient (Wildman–Crippen LogP) is 4.11. The van der Waals surface area contributed by atoms with Crippen molar-refractivity contribution < 1.29 is 14.1 Å². The van der Waals surface area contributed by atoms with Crippen LogP contribution in [-0.4, -0.2) is 45.1 Å². The molecule has 7 heteroatoms. The second-order valence-corrected chi connectivity index (χ2v) is 9.27. The van der Waals surface area contributed by atoms with E-state index in [0.29, 0.717) is 17.6 Å². The number of carbonyl (C=O) groups is 1. The molecule has 2 aliphatic heterocycles. The lowest BCUT2D eigenvalue weighted by molar-refractivity contribution is -0.138. The first-order valence-electron chi connectivity index (χ1n) is 11.4. The third-order valence-corrected chi connectivity index (χ3v) is 7.50. The van der Waals surface area contributed by atoms with Crippen LogP contribution in [-0.2, 0) is 10.2 Å². The zero-order chi connectivity index (χ0) is 21.7. The van der Waals surface area contributed by atoms with E-state index in [1.165, 1.54) is 0 Å². The fourth-order valence-corrected chi connectivity index (χ4v) is 5.64. The van der Waals surface area contributed by atoms with E-state index in [0.717, 1.165) is 55.4 Å². The van der Waals surface area contributed by atoms with Gasteiger partial charge in [-0.3, -0.25) is 9.78 Å². The number of fused-ring (bicyclic) bond motifs is 2. The van der Waals surface area contributed by atoms with Crippen LogP contribution in [0.3, 0.4) is 0 Å². The third-order valence-electron chi connectivity index (χ3n) is 7.50. The molecule has 3 atom stereocenters. The second-order valence-electron chi connectivity index (χ2n) is 9.27. The average molecular weight is 431 g/mol. The maximum atomic E-state index is 13.8. The number of methoxy groups -OCH3 is 1. The van der Waals surface area contributed by atoms with Gasteiger partial charge >= 0.3 is 0 Å². The van der Waals surface area contributed by atoms with E-state index >= 15 is 0 Å². The topological polar surface area (TPSA) is 81.4 Å². The summed E-state index contributed by atoms with van der Waals surface area (Å²) in [6.07, 6.45) is 9.19. The quantitative estimate of drug-likeness (QED) is 0.606. The van der Waals surface area contributed by atoms with Gasteiger partial charge in [-0.2, -0.15) is 4.98 Å². The molecule has 3 aromatic rings. The highest BCUT2D eigenvalue weighted by atomic mass is 16.5. The van der Waals surface area contributed by atoms with Crippen LogP contribution < -0.4 is 4.74 Å². The molecule has 6 rings (SSSR count). The van der Waals surface area contributed by atoms with Crippen molar-refractivity contribution in [2.75, 3.05) is 7.11 Å². The van der Waals surface area contributed by atoms with E-state index in [2.05, 4.69) is 32.2 Å². The lowest BCUT2D eigenvalue weighted by atomic mass is 9.87. The molecule has 7 nitrogen and oxygen atoms in total. The lowest BCUT2D eigenvalue weighted by Gasteiger charge is -2.40. The third kappa shape index (κ3) is 3.10. The number of benzene rings is 1. The highest BCUT2D eigenvalue weighted by Crippen LogP contribution is 2.53. The molecule has 4 heterocycles. The van der Waals surface area contributed by atoms with Crippen LogP contribution in [0.15, 0.2) is 53.3 Å². The minimum atomic E-state index is -0.348. The Hall–Kier alpha value is -3.22. The van der Waals surface area contributed by atoms with Crippen molar-refractivity contribution >= 4 is 5.91 Å². The summed E-state index contributed by atoms with van der Waals surface area (Å²) in [6, 6.07) is 12.3. The van der Waals surface area contributed by atoms with Gasteiger partial charge in [0.05, 0.1) is 12.5 Å². The Bertz CT molecular complexity index is 1110. The number of hydrogen-bond acceptors (Lipinski definition) is 6. The molecule has 3 fully saturated rings. The van der Waals surface area contributed by atoms with Gasteiger partial charge < -0.3 is 14.2 Å². The zero-order valence-corrected chi connectivity index (χ0v) is 18.1. The summed E-state index contributed by atoms with van der Waals surface area (Å²) < 4.78 is 10.9. The summed E-state index contributed by atoms with van der Waals surface area (Å²) in [6.45, 7) is 0. The van der Waals surface area contributed by atoms with Crippen LogP contribution in [0, 0.1) is 0 Å². The molecule has 0 N–H and O–H groups in total. The summed E-state index contributed by atoms with van der Waals surface area (Å²) in [4.78, 5) is 24.7. The largest absolute Gasteiger partial charge is 0.497 e. The Labute approximate surface area is 186 Å². The molecular formula is C25H26N4O3. The summed E-state index contributed by atoms with van der Waals surface area (Å²) in [5.74, 6) is 2.62. The zero-order valence-electron chi connectivity index (χ0n) is 18.1. The number of hydrogen-bond donors (Lipinski definition) is 0. The van der Waals surface area contributed by atoms with Crippen molar-refractivity contribution in [2.45, 2.75) is 61.9 Å². The van der Waals surface area contributed by atoms with E-state index in [9.17, 15) is 4.79 Å². The van der Waals surface area contributed by atoms with Gasteiger partial charge in [-0.15, -0.1) is 0 Å². The van der Waals surface area contributed by atoms with Gasteiger partial charge in [-0.1, -0.05) is 17.3 Å². The monoisotopic (exact) mass is 430 g/mol. The van der Waals surface area contributed by atoms with Gasteiger partial charge in [0.1, 0.15) is 5.75 Å². The molecule has 2 aromatic heterocycles. The maximum Gasteiger partial charge on any atom is 0.233 e. The van der Waals surface area contributed by atoms with Crippen LogP contribution in [0.1, 0.15) is 55.9 Å². The van der Waals surface area contributed by atoms with E-state index < -0.39 is 0 Å². The molecule has 2 bridgehead atoms. The van der Waals surface area contributed by atoms with E-state index in [4.69, 9.17) is 9.26 Å². The standard InChI is InChI=1S/C25H26N4O3/c1-31-21-6-2-18(3-7-21)25(10-11-25)24(30)29-19-4-5-20(29)15-17(14-19)23-27-22(28-32-23)16-8-12-26-13-9-16/h2-3,6-9,12-13,17,19-20H,4-5,10-11,14-15H2,1H3/t17?,19-,20+. The van der Waals surface area contributed by atoms with Crippen LogP contribution in [0.4, 0.5) is 0 Å². The highest BCUT2D eigenvalue weighted by molar-refractivity contribution is 5.92. The number of piperidine rings is 1. The number of carbonyl (C=O) groups excluding carboxylic acids is 1. The van der Waals surface area contributed by atoms with Gasteiger partial charge in [0, 0.05) is 36.0 Å². The number of rotatable bonds is 5. The van der Waals surface area contributed by atoms with Crippen LogP contribution in [0.2, 0.25) is 0 Å². The summed E-state index contributed by atoms with van der Waals surface area (Å²) in [5.41, 5.74) is 1.67. The van der Waals surface area contributed by atoms with Gasteiger partial charge in [0.25, 0.3) is 0 Å². The molecule has 0 spiro atoms. The van der Waals surface area contributed by atoms with Gasteiger partial charge in [0.15, 0.2) is 0 Å². The lowest BCUT2D eigenvalue weighted by Crippen LogP contribution is -2.50. The smallest absolute Gasteiger partial charge is 0.233 e. The highest BCUT2D eigenvalue weighted by Gasteiger charge is 2.57. The molecule has 164 valence electrons. The molecule has 1 unspecified atom stereocenters. The summed E-state index contributed by atoms with van der Waals surface area (Å²) in [5, 5.41) is 4.18. The molecule has 1 saturated carbocycles. The number of ether oxygens (including phenoxy) is 1. The van der Waals surface area contributed by atoms with Crippen LogP contribution >= 0.6 is 0 Å². The second kappa shape index (κ2) is 7.43. The first-order valence-corrected chi connectivity index (χ1v) is 11.4. The minimum absolute atomic E-state index is 0.204. The van der Waals surface area contributed by atoms with Gasteiger partial charge in [-0.25, -0.2) is 0 Å². The van der Waals surface area contributed by atoms with Gasteiger partial charge in [-0.05, 0) is 68.4 Å². The molecule has 0 radical (unpaired) electrons. The van der Waals surface area contributed by atoms with Crippen molar-refractivity contribution in [2.24, 2.45) is 0 Å². The van der Waals surface area contributed by atoms with E-state index in [-0.39, 0.29) is 23.4 Å². The SMILES string of the molecule is COc1ccc(C2(C(=O)N3[C@@H]4CC[C@H]3CC(c3nc(-c5ccncc5)no3)C4)CC2)cc1. The molecule has 3 aliphatic rings. The van der Waals surface area contributed by atoms with E-state index in [1.807, 2.05) is 24.3 Å². The predicted molar refractivity (Wildman–Crippen MR) is 117 cm³/mol. The molecule has 2 saturated heterocycles. The summed E-state index contributed by atoms with van der Waals surface area (Å²) >= 11 is 0. The van der Waals surface area contributed by atoms with Crippen molar-refractivity contribution in [3.8, 4) is 17.1 Å². The molecular weight excluding hydrogens is 404 g/mol. The molecule has 32 heavy (non-hydrogen) atoms. The average Bonchev–Trinajstić information content (AvgIpc) is 3.43. The maximum absolute atomic E-state index is 13.8. The Balaban J connectivity index is 1.20. The molecule has 1 aliphatic carbocycles. The molecule has 1 aromatic carbocycles. The van der Waals surface area contributed by atoms with Crippen molar-refractivity contribution in [3.05, 3.63) is 60.2 Å². The number of pyridine rings is 1.